The Kier molecular flexibility index (Phi) is 4.18. The van der Waals surface area contributed by atoms with Crippen molar-refractivity contribution in [2.45, 2.75) is 0 Å². The zero-order chi connectivity index (χ0) is 16.5. The van der Waals surface area contributed by atoms with Crippen LogP contribution in [0, 0.1) is 0 Å². The molecule has 2 heterocycles. The first-order valence-electron chi connectivity index (χ1n) is 7.11. The lowest BCUT2D eigenvalue weighted by Gasteiger charge is -1.96. The molecule has 0 bridgehead atoms. The third-order valence-electron chi connectivity index (χ3n) is 3.40. The van der Waals surface area contributed by atoms with Crippen LogP contribution in [0.1, 0.15) is 10.6 Å². The van der Waals surface area contributed by atoms with E-state index in [2.05, 4.69) is 31.2 Å². The van der Waals surface area contributed by atoms with Crippen LogP contribution in [0.15, 0.2) is 53.0 Å². The number of hydrogen-bond acceptors (Lipinski definition) is 4. The molecule has 0 amide bonds. The lowest BCUT2D eigenvalue weighted by molar-refractivity contribution is 0.960. The maximum absolute atomic E-state index is 5.90. The van der Waals surface area contributed by atoms with Crippen molar-refractivity contribution in [1.82, 2.24) is 19.8 Å². The van der Waals surface area contributed by atoms with Crippen LogP contribution in [-0.2, 0) is 0 Å². The van der Waals surface area contributed by atoms with Gasteiger partial charge in [0.25, 0.3) is 0 Å². The van der Waals surface area contributed by atoms with Crippen LogP contribution in [0.4, 0.5) is 0 Å². The molecule has 4 nitrogen and oxygen atoms in total. The Hall–Kier alpha value is -2.02. The zero-order valence-corrected chi connectivity index (χ0v) is 15.4. The predicted octanol–water partition coefficient (Wildman–Crippen LogP) is 5.44. The fraction of sp³-hybridized carbons (Fsp3) is 0. The smallest absolute Gasteiger partial charge is 0.182 e. The topological polar surface area (TPSA) is 43.1 Å². The summed E-state index contributed by atoms with van der Waals surface area (Å²) in [4.78, 5) is 0.767. The van der Waals surface area contributed by atoms with Crippen molar-refractivity contribution < 1.29 is 0 Å². The molecular formula is C17H10BrClN4S. The van der Waals surface area contributed by atoms with Gasteiger partial charge >= 0.3 is 0 Å². The standard InChI is InChI=1S/C17H10BrClN4S/c18-13-6-4-12(5-7-13)16-20-21-17-23(16)22-15(24-17)10-3-11-1-8-14(19)9-2-11/h1-10H/b10-3+. The molecule has 0 saturated carbocycles. The molecular weight excluding hydrogens is 408 g/mol. The average molecular weight is 418 g/mol. The minimum atomic E-state index is 0.727. The lowest BCUT2D eigenvalue weighted by atomic mass is 10.2. The second kappa shape index (κ2) is 6.47. The molecule has 0 atom stereocenters. The van der Waals surface area contributed by atoms with Gasteiger partial charge in [-0.05, 0) is 35.9 Å². The van der Waals surface area contributed by atoms with Gasteiger partial charge in [0.15, 0.2) is 5.82 Å². The maximum Gasteiger partial charge on any atom is 0.235 e. The Balaban J connectivity index is 1.66. The van der Waals surface area contributed by atoms with Gasteiger partial charge in [-0.15, -0.1) is 10.2 Å². The molecule has 0 aliphatic heterocycles. The van der Waals surface area contributed by atoms with Crippen molar-refractivity contribution in [2.75, 3.05) is 0 Å². The fourth-order valence-corrected chi connectivity index (χ4v) is 3.35. The van der Waals surface area contributed by atoms with E-state index in [0.717, 1.165) is 36.4 Å². The van der Waals surface area contributed by atoms with E-state index in [1.54, 1.807) is 4.52 Å². The highest BCUT2D eigenvalue weighted by atomic mass is 79.9. The molecule has 4 aromatic rings. The molecule has 0 aliphatic carbocycles. The molecule has 118 valence electrons. The quantitative estimate of drug-likeness (QED) is 0.446. The third kappa shape index (κ3) is 3.13. The molecule has 2 aromatic carbocycles. The lowest BCUT2D eigenvalue weighted by Crippen LogP contribution is -1.90. The van der Waals surface area contributed by atoms with Crippen molar-refractivity contribution in [1.29, 1.82) is 0 Å². The van der Waals surface area contributed by atoms with Crippen LogP contribution >= 0.6 is 38.9 Å². The van der Waals surface area contributed by atoms with E-state index in [4.69, 9.17) is 11.6 Å². The largest absolute Gasteiger partial charge is 0.235 e. The number of hydrogen-bond donors (Lipinski definition) is 0. The van der Waals surface area contributed by atoms with Gasteiger partial charge < -0.3 is 0 Å². The molecule has 0 saturated heterocycles. The number of rotatable bonds is 3. The highest BCUT2D eigenvalue weighted by molar-refractivity contribution is 9.10. The third-order valence-corrected chi connectivity index (χ3v) is 5.04. The summed E-state index contributed by atoms with van der Waals surface area (Å²) in [6, 6.07) is 15.6. The minimum absolute atomic E-state index is 0.727. The molecule has 7 heteroatoms. The summed E-state index contributed by atoms with van der Waals surface area (Å²) in [6.45, 7) is 0. The summed E-state index contributed by atoms with van der Waals surface area (Å²) in [5.74, 6) is 0.736. The Morgan fingerprint density at radius 1 is 0.958 bits per heavy atom. The van der Waals surface area contributed by atoms with Gasteiger partial charge in [-0.1, -0.05) is 69.2 Å². The van der Waals surface area contributed by atoms with Gasteiger partial charge in [0.05, 0.1) is 0 Å². The molecule has 0 aliphatic rings. The maximum atomic E-state index is 5.90. The second-order valence-electron chi connectivity index (χ2n) is 5.05. The van der Waals surface area contributed by atoms with Gasteiger partial charge in [-0.25, -0.2) is 0 Å². The minimum Gasteiger partial charge on any atom is -0.182 e. The van der Waals surface area contributed by atoms with Crippen LogP contribution in [0.2, 0.25) is 5.02 Å². The van der Waals surface area contributed by atoms with Crippen LogP contribution in [-0.4, -0.2) is 19.8 Å². The number of aromatic nitrogens is 4. The summed E-state index contributed by atoms with van der Waals surface area (Å²) in [6.07, 6.45) is 3.97. The summed E-state index contributed by atoms with van der Waals surface area (Å²) in [5.41, 5.74) is 2.04. The monoisotopic (exact) mass is 416 g/mol. The molecule has 4 rings (SSSR count). The first-order chi connectivity index (χ1) is 11.7. The van der Waals surface area contributed by atoms with Crippen molar-refractivity contribution in [3.05, 3.63) is 68.6 Å². The first kappa shape index (κ1) is 15.5. The van der Waals surface area contributed by atoms with Gasteiger partial charge in [-0.3, -0.25) is 0 Å². The highest BCUT2D eigenvalue weighted by Gasteiger charge is 2.12. The number of halogens is 2. The van der Waals surface area contributed by atoms with E-state index in [9.17, 15) is 0 Å². The van der Waals surface area contributed by atoms with Crippen molar-refractivity contribution in [3.63, 3.8) is 0 Å². The Labute approximate surface area is 155 Å². The van der Waals surface area contributed by atoms with Gasteiger partial charge in [0, 0.05) is 15.1 Å². The highest BCUT2D eigenvalue weighted by Crippen LogP contribution is 2.24. The average Bonchev–Trinajstić information content (AvgIpc) is 3.15. The van der Waals surface area contributed by atoms with E-state index < -0.39 is 0 Å². The van der Waals surface area contributed by atoms with Gasteiger partial charge in [-0.2, -0.15) is 9.61 Å². The Bertz CT molecular complexity index is 1020. The fourth-order valence-electron chi connectivity index (χ4n) is 2.22. The Morgan fingerprint density at radius 2 is 1.71 bits per heavy atom. The Morgan fingerprint density at radius 3 is 2.46 bits per heavy atom. The molecule has 0 spiro atoms. The van der Waals surface area contributed by atoms with E-state index in [-0.39, 0.29) is 0 Å². The van der Waals surface area contributed by atoms with Crippen LogP contribution in [0.3, 0.4) is 0 Å². The number of nitrogens with zero attached hydrogens (tertiary/aromatic N) is 4. The van der Waals surface area contributed by atoms with Crippen LogP contribution in [0.25, 0.3) is 28.5 Å². The van der Waals surface area contributed by atoms with Crippen LogP contribution < -0.4 is 0 Å². The van der Waals surface area contributed by atoms with E-state index in [1.165, 1.54) is 11.3 Å². The summed E-state index contributed by atoms with van der Waals surface area (Å²) < 4.78 is 2.80. The molecule has 0 radical (unpaired) electrons. The van der Waals surface area contributed by atoms with E-state index >= 15 is 0 Å². The van der Waals surface area contributed by atoms with Crippen molar-refractivity contribution >= 4 is 56.0 Å². The number of benzene rings is 2. The summed E-state index contributed by atoms with van der Waals surface area (Å²) in [7, 11) is 0. The summed E-state index contributed by atoms with van der Waals surface area (Å²) in [5, 5.41) is 14.6. The van der Waals surface area contributed by atoms with Gasteiger partial charge in [0.1, 0.15) is 5.01 Å². The molecule has 0 fully saturated rings. The van der Waals surface area contributed by atoms with Gasteiger partial charge in [0.2, 0.25) is 4.96 Å². The SMILES string of the molecule is Clc1ccc(/C=C/c2nn3c(-c4ccc(Br)cc4)nnc3s2)cc1. The predicted molar refractivity (Wildman–Crippen MR) is 102 cm³/mol. The zero-order valence-electron chi connectivity index (χ0n) is 12.2. The molecule has 0 N–H and O–H groups in total. The second-order valence-corrected chi connectivity index (χ2v) is 7.39. The molecule has 24 heavy (non-hydrogen) atoms. The van der Waals surface area contributed by atoms with E-state index in [0.29, 0.717) is 0 Å². The molecule has 0 unspecified atom stereocenters. The summed E-state index contributed by atoms with van der Waals surface area (Å²) >= 11 is 10.8. The van der Waals surface area contributed by atoms with Crippen molar-refractivity contribution in [2.24, 2.45) is 0 Å². The number of fused-ring (bicyclic) bond motifs is 1. The van der Waals surface area contributed by atoms with Crippen molar-refractivity contribution in [3.8, 4) is 11.4 Å². The molecule has 2 aromatic heterocycles. The normalized spacial score (nSPS) is 11.6. The van der Waals surface area contributed by atoms with E-state index in [1.807, 2.05) is 60.7 Å². The first-order valence-corrected chi connectivity index (χ1v) is 9.10. The van der Waals surface area contributed by atoms with Crippen LogP contribution in [0.5, 0.6) is 0 Å².